The Morgan fingerprint density at radius 3 is 2.09 bits per heavy atom. The van der Waals surface area contributed by atoms with Gasteiger partial charge in [0.2, 0.25) is 0 Å². The Kier molecular flexibility index (Phi) is 5.33. The number of halogens is 2. The van der Waals surface area contributed by atoms with Gasteiger partial charge in [-0.15, -0.1) is 0 Å². The van der Waals surface area contributed by atoms with Crippen LogP contribution in [0.4, 0.5) is 19.3 Å². The maximum Gasteiger partial charge on any atom is 0.332 e. The second-order valence-corrected chi connectivity index (χ2v) is 7.52. The van der Waals surface area contributed by atoms with Crippen molar-refractivity contribution in [2.24, 2.45) is 5.41 Å². The Hall–Kier alpha value is -1.50. The Balaban J connectivity index is 2.90. The predicted octanol–water partition coefficient (Wildman–Crippen LogP) is 4.25. The second kappa shape index (κ2) is 6.32. The molecule has 0 atom stereocenters. The van der Waals surface area contributed by atoms with Crippen LogP contribution in [0.1, 0.15) is 41.0 Å². The van der Waals surface area contributed by atoms with Crippen LogP contribution < -0.4 is 9.62 Å². The Morgan fingerprint density at radius 2 is 1.68 bits per heavy atom. The van der Waals surface area contributed by atoms with E-state index in [1.165, 1.54) is 0 Å². The minimum absolute atomic E-state index is 0.00500. The highest BCUT2D eigenvalue weighted by molar-refractivity contribution is 7.82. The maximum absolute atomic E-state index is 13.3. The minimum atomic E-state index is -1.16. The Labute approximate surface area is 135 Å². The van der Waals surface area contributed by atoms with Crippen LogP contribution in [-0.2, 0) is 0 Å². The highest BCUT2D eigenvalue weighted by Crippen LogP contribution is 2.29. The fourth-order valence-corrected chi connectivity index (χ4v) is 2.67. The fraction of sp³-hybridized carbons (Fsp3) is 0.533. The van der Waals surface area contributed by atoms with Gasteiger partial charge in [-0.1, -0.05) is 33.6 Å². The van der Waals surface area contributed by atoms with Crippen molar-refractivity contribution in [3.8, 4) is 5.75 Å². The zero-order valence-corrected chi connectivity index (χ0v) is 14.3. The molecule has 1 aromatic carbocycles. The monoisotopic (exact) mass is 332 g/mol. The summed E-state index contributed by atoms with van der Waals surface area (Å²) in [4.78, 5) is 12.2. The van der Waals surface area contributed by atoms with Gasteiger partial charge in [-0.25, -0.2) is 17.9 Å². The highest BCUT2D eigenvalue weighted by Gasteiger charge is 2.29. The van der Waals surface area contributed by atoms with Gasteiger partial charge in [0, 0.05) is 17.7 Å². The number of nitrogens with one attached hydrogen (secondary N) is 1. The zero-order valence-electron chi connectivity index (χ0n) is 13.4. The maximum atomic E-state index is 13.3. The number of nitrogens with zero attached hydrogens (tertiary/aromatic N) is 1. The molecule has 0 bridgehead atoms. The molecule has 0 aliphatic carbocycles. The zero-order chi connectivity index (χ0) is 17.3. The fourth-order valence-electron chi connectivity index (χ4n) is 2.50. The Morgan fingerprint density at radius 1 is 1.23 bits per heavy atom. The number of urea groups is 1. The van der Waals surface area contributed by atoms with Gasteiger partial charge in [0.05, 0.1) is 5.69 Å². The summed E-state index contributed by atoms with van der Waals surface area (Å²) in [7, 11) is 0. The smallest absolute Gasteiger partial charge is 0.332 e. The lowest BCUT2D eigenvalue weighted by molar-refractivity contribution is 0.218. The van der Waals surface area contributed by atoms with Crippen molar-refractivity contribution < 1.29 is 18.7 Å². The van der Waals surface area contributed by atoms with Crippen molar-refractivity contribution in [1.29, 1.82) is 0 Å². The first-order valence-electron chi connectivity index (χ1n) is 6.81. The van der Waals surface area contributed by atoms with Crippen LogP contribution >= 0.6 is 12.8 Å². The molecule has 0 aromatic heterocycles. The van der Waals surface area contributed by atoms with E-state index in [0.29, 0.717) is 6.42 Å². The van der Waals surface area contributed by atoms with Gasteiger partial charge in [-0.2, -0.15) is 0 Å². The summed E-state index contributed by atoms with van der Waals surface area (Å²) in [5, 5.41) is 11.8. The average Bonchev–Trinajstić information content (AvgIpc) is 2.30. The summed E-state index contributed by atoms with van der Waals surface area (Å²) in [6.45, 7) is 9.85. The molecule has 0 fully saturated rings. The predicted molar refractivity (Wildman–Crippen MR) is 86.2 cm³/mol. The van der Waals surface area contributed by atoms with Crippen molar-refractivity contribution in [1.82, 2.24) is 5.32 Å². The van der Waals surface area contributed by atoms with E-state index in [1.54, 1.807) is 0 Å². The van der Waals surface area contributed by atoms with Crippen LogP contribution in [0, 0.1) is 17.0 Å². The van der Waals surface area contributed by atoms with E-state index in [4.69, 9.17) is 5.11 Å². The molecule has 1 aromatic rings. The van der Waals surface area contributed by atoms with Gasteiger partial charge < -0.3 is 10.4 Å². The summed E-state index contributed by atoms with van der Waals surface area (Å²) in [6.07, 6.45) is 0.700. The van der Waals surface area contributed by atoms with E-state index in [0.717, 1.165) is 16.4 Å². The van der Waals surface area contributed by atoms with E-state index in [-0.39, 0.29) is 11.1 Å². The molecule has 124 valence electrons. The lowest BCUT2D eigenvalue weighted by atomic mass is 9.82. The van der Waals surface area contributed by atoms with Gasteiger partial charge in [-0.3, -0.25) is 0 Å². The van der Waals surface area contributed by atoms with Crippen LogP contribution in [0.3, 0.4) is 0 Å². The van der Waals surface area contributed by atoms with Gasteiger partial charge >= 0.3 is 6.03 Å². The first-order chi connectivity index (χ1) is 9.82. The highest BCUT2D eigenvalue weighted by atomic mass is 32.1. The van der Waals surface area contributed by atoms with Crippen molar-refractivity contribution in [2.75, 3.05) is 4.31 Å². The number of benzene rings is 1. The standard InChI is InChI=1S/C15H22F2N2O2S/c1-14(2,3)8-15(4,5)18-13(21)19(22)9-6-10(16)12(20)11(17)7-9/h6-7,20,22H,8H2,1-5H3,(H,18,21). The third-order valence-electron chi connectivity index (χ3n) is 2.86. The summed E-state index contributed by atoms with van der Waals surface area (Å²) in [5.74, 6) is -3.40. The number of amides is 2. The van der Waals surface area contributed by atoms with E-state index in [2.05, 4.69) is 18.1 Å². The van der Waals surface area contributed by atoms with Crippen molar-refractivity contribution in [2.45, 2.75) is 46.6 Å². The molecular formula is C15H22F2N2O2S. The largest absolute Gasteiger partial charge is 0.503 e. The molecule has 0 unspecified atom stereocenters. The number of phenolic OH excluding ortho intramolecular Hbond substituents is 1. The third kappa shape index (κ3) is 5.05. The van der Waals surface area contributed by atoms with Crippen molar-refractivity contribution in [3.05, 3.63) is 23.8 Å². The van der Waals surface area contributed by atoms with Crippen LogP contribution in [0.5, 0.6) is 5.75 Å². The van der Waals surface area contributed by atoms with E-state index in [1.807, 2.05) is 34.6 Å². The molecule has 2 amide bonds. The van der Waals surface area contributed by atoms with E-state index >= 15 is 0 Å². The molecule has 0 saturated heterocycles. The van der Waals surface area contributed by atoms with Gasteiger partial charge in [0.15, 0.2) is 17.4 Å². The first kappa shape index (κ1) is 18.5. The normalized spacial score (nSPS) is 12.2. The van der Waals surface area contributed by atoms with E-state index in [9.17, 15) is 13.6 Å². The van der Waals surface area contributed by atoms with Crippen molar-refractivity contribution >= 4 is 24.5 Å². The van der Waals surface area contributed by atoms with Gasteiger partial charge in [-0.05, 0) is 25.7 Å². The Bertz CT molecular complexity index is 548. The molecule has 2 N–H and O–H groups in total. The lowest BCUT2D eigenvalue weighted by Gasteiger charge is -2.34. The second-order valence-electron chi connectivity index (χ2n) is 7.12. The molecule has 4 nitrogen and oxygen atoms in total. The molecule has 0 saturated carbocycles. The molecule has 0 aliphatic heterocycles. The quantitative estimate of drug-likeness (QED) is 0.725. The number of rotatable bonds is 3. The lowest BCUT2D eigenvalue weighted by Crippen LogP contribution is -2.49. The summed E-state index contributed by atoms with van der Waals surface area (Å²) < 4.78 is 27.5. The molecule has 0 heterocycles. The molecule has 22 heavy (non-hydrogen) atoms. The number of thiol groups is 1. The number of aromatic hydroxyl groups is 1. The van der Waals surface area contributed by atoms with Crippen LogP contribution in [-0.4, -0.2) is 16.7 Å². The number of hydrogen-bond acceptors (Lipinski definition) is 3. The van der Waals surface area contributed by atoms with Gasteiger partial charge in [0.1, 0.15) is 0 Å². The van der Waals surface area contributed by atoms with Crippen molar-refractivity contribution in [3.63, 3.8) is 0 Å². The molecule has 7 heteroatoms. The number of carbonyl (C=O) groups is 1. The minimum Gasteiger partial charge on any atom is -0.503 e. The van der Waals surface area contributed by atoms with Crippen LogP contribution in [0.2, 0.25) is 0 Å². The molecular weight excluding hydrogens is 310 g/mol. The van der Waals surface area contributed by atoms with Crippen LogP contribution in [0.25, 0.3) is 0 Å². The average molecular weight is 332 g/mol. The molecule has 1 rings (SSSR count). The number of phenols is 1. The molecule has 0 radical (unpaired) electrons. The number of carbonyl (C=O) groups excluding carboxylic acids is 1. The van der Waals surface area contributed by atoms with E-state index < -0.39 is 29.0 Å². The number of hydrogen-bond donors (Lipinski definition) is 3. The first-order valence-corrected chi connectivity index (χ1v) is 7.21. The summed E-state index contributed by atoms with van der Waals surface area (Å²) in [5.41, 5.74) is -0.639. The van der Waals surface area contributed by atoms with Crippen LogP contribution in [0.15, 0.2) is 12.1 Å². The third-order valence-corrected chi connectivity index (χ3v) is 3.27. The number of anilines is 1. The topological polar surface area (TPSA) is 52.6 Å². The molecule has 0 aliphatic rings. The summed E-state index contributed by atoms with van der Waals surface area (Å²) in [6, 6.07) is 1.06. The SMILES string of the molecule is CC(C)(C)CC(C)(C)NC(=O)N(S)c1cc(F)c(O)c(F)c1. The van der Waals surface area contributed by atoms with Gasteiger partial charge in [0.25, 0.3) is 0 Å². The summed E-state index contributed by atoms with van der Waals surface area (Å²) >= 11 is 3.97. The molecule has 0 spiro atoms.